The van der Waals surface area contributed by atoms with E-state index in [0.29, 0.717) is 12.0 Å². The minimum Gasteiger partial charge on any atom is -0.353 e. The molecule has 3 N–H and O–H groups in total. The fraction of sp³-hybridized carbons (Fsp3) is 0.933. The minimum absolute atomic E-state index is 0.0600. The van der Waals surface area contributed by atoms with Gasteiger partial charge in [0, 0.05) is 12.1 Å². The summed E-state index contributed by atoms with van der Waals surface area (Å²) < 4.78 is 0. The summed E-state index contributed by atoms with van der Waals surface area (Å²) in [6.45, 7) is 2.17. The number of carbonyl (C=O) groups is 1. The Kier molecular flexibility index (Phi) is 5.04. The molecule has 0 saturated heterocycles. The molecule has 2 fully saturated rings. The third kappa shape index (κ3) is 3.47. The molecule has 2 rings (SSSR count). The van der Waals surface area contributed by atoms with Crippen LogP contribution in [0.4, 0.5) is 0 Å². The highest BCUT2D eigenvalue weighted by atomic mass is 16.2. The van der Waals surface area contributed by atoms with Crippen molar-refractivity contribution < 1.29 is 4.79 Å². The number of hydrogen-bond donors (Lipinski definition) is 2. The Labute approximate surface area is 111 Å². The van der Waals surface area contributed by atoms with Gasteiger partial charge in [-0.15, -0.1) is 0 Å². The van der Waals surface area contributed by atoms with Gasteiger partial charge >= 0.3 is 0 Å². The first-order valence-corrected chi connectivity index (χ1v) is 7.74. The number of nitrogens with one attached hydrogen (secondary N) is 1. The van der Waals surface area contributed by atoms with E-state index < -0.39 is 0 Å². The van der Waals surface area contributed by atoms with Gasteiger partial charge in [0.2, 0.25) is 5.91 Å². The molecule has 0 radical (unpaired) electrons. The first kappa shape index (κ1) is 13.9. The van der Waals surface area contributed by atoms with E-state index in [1.165, 1.54) is 38.5 Å². The molecule has 1 amide bonds. The molecule has 18 heavy (non-hydrogen) atoms. The Bertz CT molecular complexity index is 274. The molecule has 0 spiro atoms. The molecule has 2 aliphatic rings. The maximum atomic E-state index is 12.3. The van der Waals surface area contributed by atoms with Crippen molar-refractivity contribution in [3.05, 3.63) is 0 Å². The van der Waals surface area contributed by atoms with Gasteiger partial charge < -0.3 is 11.1 Å². The normalized spacial score (nSPS) is 31.9. The van der Waals surface area contributed by atoms with Gasteiger partial charge in [0.05, 0.1) is 5.92 Å². The first-order valence-electron chi connectivity index (χ1n) is 7.74. The maximum absolute atomic E-state index is 12.3. The van der Waals surface area contributed by atoms with Gasteiger partial charge in [-0.2, -0.15) is 0 Å². The Morgan fingerprint density at radius 2 is 1.67 bits per heavy atom. The molecule has 2 aliphatic carbocycles. The largest absolute Gasteiger partial charge is 0.353 e. The molecule has 3 nitrogen and oxygen atoms in total. The molecule has 0 aromatic rings. The highest BCUT2D eigenvalue weighted by molar-refractivity contribution is 5.79. The lowest BCUT2D eigenvalue weighted by Crippen LogP contribution is -2.48. The van der Waals surface area contributed by atoms with E-state index >= 15 is 0 Å². The van der Waals surface area contributed by atoms with Crippen LogP contribution >= 0.6 is 0 Å². The smallest absolute Gasteiger partial charge is 0.224 e. The van der Waals surface area contributed by atoms with E-state index in [4.69, 9.17) is 5.73 Å². The summed E-state index contributed by atoms with van der Waals surface area (Å²) >= 11 is 0. The van der Waals surface area contributed by atoms with Crippen LogP contribution in [0.15, 0.2) is 0 Å². The molecule has 2 saturated carbocycles. The van der Waals surface area contributed by atoms with Crippen LogP contribution in [0.1, 0.15) is 64.7 Å². The predicted octanol–water partition coefficient (Wildman–Crippen LogP) is 2.59. The lowest BCUT2D eigenvalue weighted by molar-refractivity contribution is -0.127. The monoisotopic (exact) mass is 252 g/mol. The summed E-state index contributed by atoms with van der Waals surface area (Å²) in [5.74, 6) is 0.951. The molecule has 2 unspecified atom stereocenters. The highest BCUT2D eigenvalue weighted by Crippen LogP contribution is 2.27. The van der Waals surface area contributed by atoms with Gasteiger partial charge in [0.15, 0.2) is 0 Å². The first-order chi connectivity index (χ1) is 8.68. The van der Waals surface area contributed by atoms with Gasteiger partial charge in [-0.1, -0.05) is 32.1 Å². The van der Waals surface area contributed by atoms with E-state index in [0.717, 1.165) is 19.3 Å². The summed E-state index contributed by atoms with van der Waals surface area (Å²) in [6, 6.07) is 0.407. The van der Waals surface area contributed by atoms with Crippen molar-refractivity contribution in [3.63, 3.8) is 0 Å². The summed E-state index contributed by atoms with van der Waals surface area (Å²) in [7, 11) is 0. The van der Waals surface area contributed by atoms with Crippen LogP contribution in [-0.4, -0.2) is 18.0 Å². The van der Waals surface area contributed by atoms with E-state index in [2.05, 4.69) is 12.2 Å². The van der Waals surface area contributed by atoms with Crippen molar-refractivity contribution in [1.29, 1.82) is 0 Å². The van der Waals surface area contributed by atoms with Crippen LogP contribution in [0, 0.1) is 11.8 Å². The average molecular weight is 252 g/mol. The molecule has 0 heterocycles. The Morgan fingerprint density at radius 1 is 1.06 bits per heavy atom. The van der Waals surface area contributed by atoms with Gasteiger partial charge in [-0.05, 0) is 38.5 Å². The molecule has 0 aromatic heterocycles. The SMILES string of the molecule is C[C@H](NC(=O)C1CCCCC1N)C1CCCCC1. The Balaban J connectivity index is 1.81. The Hall–Kier alpha value is -0.570. The van der Waals surface area contributed by atoms with Crippen molar-refractivity contribution in [3.8, 4) is 0 Å². The second-order valence-electron chi connectivity index (χ2n) is 6.25. The van der Waals surface area contributed by atoms with Crippen LogP contribution in [-0.2, 0) is 4.79 Å². The van der Waals surface area contributed by atoms with Crippen molar-refractivity contribution in [2.45, 2.75) is 76.8 Å². The van der Waals surface area contributed by atoms with Crippen LogP contribution in [0.25, 0.3) is 0 Å². The van der Waals surface area contributed by atoms with E-state index in [9.17, 15) is 4.79 Å². The summed E-state index contributed by atoms with van der Waals surface area (Å²) in [6.07, 6.45) is 10.9. The second-order valence-corrected chi connectivity index (χ2v) is 6.25. The van der Waals surface area contributed by atoms with Gasteiger partial charge in [0.1, 0.15) is 0 Å². The third-order valence-electron chi connectivity index (χ3n) is 4.88. The van der Waals surface area contributed by atoms with Crippen LogP contribution in [0.2, 0.25) is 0 Å². The standard InChI is InChI=1S/C15H28N2O/c1-11(12-7-3-2-4-8-12)17-15(18)13-9-5-6-10-14(13)16/h11-14H,2-10,16H2,1H3,(H,17,18)/t11-,13?,14?/m0/s1. The van der Waals surface area contributed by atoms with Gasteiger partial charge in [0.25, 0.3) is 0 Å². The van der Waals surface area contributed by atoms with Crippen LogP contribution < -0.4 is 11.1 Å². The predicted molar refractivity (Wildman–Crippen MR) is 74.1 cm³/mol. The van der Waals surface area contributed by atoms with Crippen LogP contribution in [0.5, 0.6) is 0 Å². The summed E-state index contributed by atoms with van der Waals surface area (Å²) in [5.41, 5.74) is 6.07. The van der Waals surface area contributed by atoms with E-state index in [1.807, 2.05) is 0 Å². The minimum atomic E-state index is 0.0600. The zero-order valence-electron chi connectivity index (χ0n) is 11.7. The molecule has 3 heteroatoms. The molecule has 3 atom stereocenters. The number of rotatable bonds is 3. The van der Waals surface area contributed by atoms with Crippen molar-refractivity contribution >= 4 is 5.91 Å². The molecule has 0 aliphatic heterocycles. The quantitative estimate of drug-likeness (QED) is 0.811. The van der Waals surface area contributed by atoms with Gasteiger partial charge in [-0.3, -0.25) is 4.79 Å². The third-order valence-corrected chi connectivity index (χ3v) is 4.88. The van der Waals surface area contributed by atoms with E-state index in [1.54, 1.807) is 0 Å². The fourth-order valence-corrected chi connectivity index (χ4v) is 3.57. The molecular weight excluding hydrogens is 224 g/mol. The van der Waals surface area contributed by atoms with E-state index in [-0.39, 0.29) is 17.9 Å². The summed E-state index contributed by atoms with van der Waals surface area (Å²) in [5, 5.41) is 3.23. The number of nitrogens with two attached hydrogens (primary N) is 1. The molecule has 0 bridgehead atoms. The maximum Gasteiger partial charge on any atom is 0.224 e. The van der Waals surface area contributed by atoms with Gasteiger partial charge in [-0.25, -0.2) is 0 Å². The number of amides is 1. The zero-order valence-corrected chi connectivity index (χ0v) is 11.7. The number of carbonyl (C=O) groups excluding carboxylic acids is 1. The van der Waals surface area contributed by atoms with Crippen molar-refractivity contribution in [2.75, 3.05) is 0 Å². The zero-order chi connectivity index (χ0) is 13.0. The molecule has 0 aromatic carbocycles. The summed E-state index contributed by atoms with van der Waals surface area (Å²) in [4.78, 5) is 12.3. The number of hydrogen-bond acceptors (Lipinski definition) is 2. The lowest BCUT2D eigenvalue weighted by atomic mass is 9.82. The lowest BCUT2D eigenvalue weighted by Gasteiger charge is -2.32. The fourth-order valence-electron chi connectivity index (χ4n) is 3.57. The molecule has 104 valence electrons. The topological polar surface area (TPSA) is 55.1 Å². The average Bonchev–Trinajstić information content (AvgIpc) is 2.40. The molecular formula is C15H28N2O. The second kappa shape index (κ2) is 6.55. The van der Waals surface area contributed by atoms with Crippen molar-refractivity contribution in [2.24, 2.45) is 17.6 Å². The highest BCUT2D eigenvalue weighted by Gasteiger charge is 2.30. The Morgan fingerprint density at radius 3 is 2.33 bits per heavy atom. The van der Waals surface area contributed by atoms with Crippen molar-refractivity contribution in [1.82, 2.24) is 5.32 Å². The van der Waals surface area contributed by atoms with Crippen LogP contribution in [0.3, 0.4) is 0 Å².